The molecule has 1 saturated heterocycles. The molecule has 6 nitrogen and oxygen atoms in total. The Morgan fingerprint density at radius 1 is 1.15 bits per heavy atom. The Morgan fingerprint density at radius 2 is 1.82 bits per heavy atom. The number of carbonyl (C=O) groups is 1. The highest BCUT2D eigenvalue weighted by atomic mass is 35.5. The molecule has 0 unspecified atom stereocenters. The number of morpholine rings is 1. The summed E-state index contributed by atoms with van der Waals surface area (Å²) in [6, 6.07) is 9.65. The van der Waals surface area contributed by atoms with Crippen molar-refractivity contribution in [3.8, 4) is 5.75 Å². The lowest BCUT2D eigenvalue weighted by atomic mass is 10.1. The fourth-order valence-electron chi connectivity index (χ4n) is 3.81. The summed E-state index contributed by atoms with van der Waals surface area (Å²) in [6.45, 7) is 7.76. The van der Waals surface area contributed by atoms with Crippen molar-refractivity contribution in [2.24, 2.45) is 0 Å². The lowest BCUT2D eigenvalue weighted by Crippen LogP contribution is -2.43. The summed E-state index contributed by atoms with van der Waals surface area (Å²) in [5.74, 6) is -0.508. The van der Waals surface area contributed by atoms with Crippen LogP contribution in [0.15, 0.2) is 36.4 Å². The van der Waals surface area contributed by atoms with Crippen molar-refractivity contribution in [1.29, 1.82) is 0 Å². The Kier molecular flexibility index (Phi) is 8.40. The minimum absolute atomic E-state index is 0. The molecule has 1 aliphatic heterocycles. The lowest BCUT2D eigenvalue weighted by Gasteiger charge is -2.29. The molecule has 0 saturated carbocycles. The van der Waals surface area contributed by atoms with E-state index in [1.807, 2.05) is 32.0 Å². The Balaban J connectivity index is 0.00000324. The summed E-state index contributed by atoms with van der Waals surface area (Å²) >= 11 is 1.17. The molecule has 11 heteroatoms. The molecule has 1 amide bonds. The van der Waals surface area contributed by atoms with E-state index in [2.05, 4.69) is 14.6 Å². The van der Waals surface area contributed by atoms with Gasteiger partial charge < -0.3 is 9.47 Å². The third-order valence-electron chi connectivity index (χ3n) is 5.27. The van der Waals surface area contributed by atoms with Gasteiger partial charge in [-0.2, -0.15) is 0 Å². The summed E-state index contributed by atoms with van der Waals surface area (Å²) < 4.78 is 47.8. The van der Waals surface area contributed by atoms with Crippen LogP contribution in [0.5, 0.6) is 5.75 Å². The number of hydrogen-bond acceptors (Lipinski definition) is 6. The highest BCUT2D eigenvalue weighted by molar-refractivity contribution is 7.22. The summed E-state index contributed by atoms with van der Waals surface area (Å²) in [6.07, 6.45) is -4.77. The molecule has 0 aliphatic carbocycles. The van der Waals surface area contributed by atoms with Crippen LogP contribution in [-0.4, -0.2) is 61.5 Å². The second-order valence-corrected chi connectivity index (χ2v) is 8.97. The topological polar surface area (TPSA) is 54.9 Å². The van der Waals surface area contributed by atoms with E-state index in [-0.39, 0.29) is 24.1 Å². The number of fused-ring (bicyclic) bond motifs is 1. The summed E-state index contributed by atoms with van der Waals surface area (Å²) in [7, 11) is 0. The normalized spacial score (nSPS) is 14.6. The van der Waals surface area contributed by atoms with Gasteiger partial charge in [0.05, 0.1) is 23.4 Å². The number of anilines is 1. The largest absolute Gasteiger partial charge is 0.573 e. The van der Waals surface area contributed by atoms with E-state index in [1.54, 1.807) is 4.90 Å². The number of aryl methyl sites for hydroxylation is 2. The van der Waals surface area contributed by atoms with Crippen LogP contribution >= 0.6 is 23.7 Å². The molecule has 1 aromatic heterocycles. The van der Waals surface area contributed by atoms with Crippen LogP contribution in [0.3, 0.4) is 0 Å². The number of ether oxygens (including phenoxy) is 2. The molecular formula is C23H25ClF3N3O3S. The van der Waals surface area contributed by atoms with Crippen molar-refractivity contribution in [3.05, 3.63) is 53.1 Å². The number of halogens is 4. The zero-order valence-corrected chi connectivity index (χ0v) is 20.4. The Morgan fingerprint density at radius 3 is 2.47 bits per heavy atom. The number of amides is 1. The fraction of sp³-hybridized carbons (Fsp3) is 0.391. The number of thiazole rings is 1. The van der Waals surface area contributed by atoms with Gasteiger partial charge in [-0.1, -0.05) is 28.5 Å². The number of carbonyl (C=O) groups excluding carboxylic acids is 1. The van der Waals surface area contributed by atoms with E-state index in [0.29, 0.717) is 47.2 Å². The highest BCUT2D eigenvalue weighted by Crippen LogP contribution is 2.34. The first-order valence-electron chi connectivity index (χ1n) is 10.5. The fourth-order valence-corrected chi connectivity index (χ4v) is 4.83. The molecule has 0 atom stereocenters. The van der Waals surface area contributed by atoms with Gasteiger partial charge in [0.25, 0.3) is 5.91 Å². The molecule has 3 aromatic rings. The van der Waals surface area contributed by atoms with E-state index in [9.17, 15) is 18.0 Å². The minimum Gasteiger partial charge on any atom is -0.406 e. The van der Waals surface area contributed by atoms with Crippen LogP contribution in [0.4, 0.5) is 18.3 Å². The molecule has 0 spiro atoms. The van der Waals surface area contributed by atoms with Crippen LogP contribution in [0, 0.1) is 13.8 Å². The summed E-state index contributed by atoms with van der Waals surface area (Å²) in [5.41, 5.74) is 3.01. The number of alkyl halides is 3. The first kappa shape index (κ1) is 26.2. The first-order valence-corrected chi connectivity index (χ1v) is 11.4. The second kappa shape index (κ2) is 10.9. The molecule has 4 rings (SSSR count). The molecule has 2 heterocycles. The number of hydrogen-bond donors (Lipinski definition) is 0. The monoisotopic (exact) mass is 515 g/mol. The van der Waals surface area contributed by atoms with E-state index in [0.717, 1.165) is 24.2 Å². The maximum Gasteiger partial charge on any atom is 0.573 e. The number of rotatable bonds is 6. The Hall–Kier alpha value is -2.40. The third kappa shape index (κ3) is 6.59. The van der Waals surface area contributed by atoms with E-state index >= 15 is 0 Å². The average Bonchev–Trinajstić information content (AvgIpc) is 3.15. The van der Waals surface area contributed by atoms with Crippen LogP contribution in [0.1, 0.15) is 21.5 Å². The molecule has 1 aliphatic rings. The van der Waals surface area contributed by atoms with Crippen molar-refractivity contribution >= 4 is 45.0 Å². The second-order valence-electron chi connectivity index (χ2n) is 7.96. The predicted molar refractivity (Wildman–Crippen MR) is 128 cm³/mol. The zero-order valence-electron chi connectivity index (χ0n) is 18.7. The van der Waals surface area contributed by atoms with Crippen LogP contribution < -0.4 is 9.64 Å². The number of aromatic nitrogens is 1. The Labute approximate surface area is 205 Å². The van der Waals surface area contributed by atoms with Gasteiger partial charge in [-0.05, 0) is 38.1 Å². The van der Waals surface area contributed by atoms with Gasteiger partial charge in [-0.15, -0.1) is 25.6 Å². The highest BCUT2D eigenvalue weighted by Gasteiger charge is 2.31. The van der Waals surface area contributed by atoms with Gasteiger partial charge in [-0.25, -0.2) is 4.98 Å². The number of nitrogens with zero attached hydrogens (tertiary/aromatic N) is 3. The van der Waals surface area contributed by atoms with Crippen LogP contribution in [0.25, 0.3) is 10.2 Å². The zero-order chi connectivity index (χ0) is 23.6. The van der Waals surface area contributed by atoms with Crippen molar-refractivity contribution in [1.82, 2.24) is 9.88 Å². The molecule has 184 valence electrons. The maximum absolute atomic E-state index is 13.5. The molecule has 0 bridgehead atoms. The molecule has 0 N–H and O–H groups in total. The van der Waals surface area contributed by atoms with Gasteiger partial charge in [0.2, 0.25) is 0 Å². The molecule has 1 fully saturated rings. The smallest absolute Gasteiger partial charge is 0.406 e. The van der Waals surface area contributed by atoms with Crippen molar-refractivity contribution < 1.29 is 27.4 Å². The van der Waals surface area contributed by atoms with Gasteiger partial charge in [0.1, 0.15) is 5.75 Å². The minimum atomic E-state index is -4.77. The van der Waals surface area contributed by atoms with Gasteiger partial charge in [-0.3, -0.25) is 14.6 Å². The third-order valence-corrected chi connectivity index (χ3v) is 6.31. The quantitative estimate of drug-likeness (QED) is 0.451. The van der Waals surface area contributed by atoms with Crippen molar-refractivity contribution in [2.45, 2.75) is 20.2 Å². The van der Waals surface area contributed by atoms with Gasteiger partial charge >= 0.3 is 6.36 Å². The molecular weight excluding hydrogens is 491 g/mol. The Bertz CT molecular complexity index is 1130. The SMILES string of the molecule is Cc1cc(C)cc(C(=O)N(CCN2CCOCC2)c2nc3ccc(OC(F)(F)F)cc3s2)c1.Cl. The summed E-state index contributed by atoms with van der Waals surface area (Å²) in [5, 5.41) is 0.437. The van der Waals surface area contributed by atoms with Gasteiger partial charge in [0.15, 0.2) is 5.13 Å². The van der Waals surface area contributed by atoms with Crippen molar-refractivity contribution in [2.75, 3.05) is 44.3 Å². The van der Waals surface area contributed by atoms with Crippen LogP contribution in [-0.2, 0) is 4.74 Å². The molecule has 0 radical (unpaired) electrons. The van der Waals surface area contributed by atoms with E-state index in [4.69, 9.17) is 4.74 Å². The molecule has 2 aromatic carbocycles. The standard InChI is InChI=1S/C23H24F3N3O3S.ClH/c1-15-11-16(2)13-17(12-15)21(30)29(6-5-28-7-9-31-10-8-28)22-27-19-4-3-18(14-20(19)33-22)32-23(24,25)26;/h3-4,11-14H,5-10H2,1-2H3;1H. The van der Waals surface area contributed by atoms with Gasteiger partial charge in [0, 0.05) is 37.8 Å². The van der Waals surface area contributed by atoms with E-state index < -0.39 is 6.36 Å². The average molecular weight is 516 g/mol. The molecule has 34 heavy (non-hydrogen) atoms. The van der Waals surface area contributed by atoms with E-state index in [1.165, 1.54) is 29.5 Å². The van der Waals surface area contributed by atoms with Crippen molar-refractivity contribution in [3.63, 3.8) is 0 Å². The first-order chi connectivity index (χ1) is 15.7. The predicted octanol–water partition coefficient (Wildman–Crippen LogP) is 5.21. The summed E-state index contributed by atoms with van der Waals surface area (Å²) in [4.78, 5) is 21.9. The van der Waals surface area contributed by atoms with Crippen LogP contribution in [0.2, 0.25) is 0 Å². The maximum atomic E-state index is 13.5. The lowest BCUT2D eigenvalue weighted by molar-refractivity contribution is -0.274. The number of benzene rings is 2.